The molecule has 1 aromatic heterocycles. The van der Waals surface area contributed by atoms with E-state index in [0.717, 1.165) is 16.9 Å². The fraction of sp³-hybridized carbons (Fsp3) is 0.250. The zero-order valence-electron chi connectivity index (χ0n) is 11.5. The molecule has 5 heteroatoms. The van der Waals surface area contributed by atoms with Crippen LogP contribution in [0.25, 0.3) is 0 Å². The van der Waals surface area contributed by atoms with Crippen molar-refractivity contribution in [1.29, 1.82) is 0 Å². The number of para-hydroxylation sites is 1. The molecule has 2 aromatic rings. The third kappa shape index (κ3) is 2.85. The predicted molar refractivity (Wildman–Crippen MR) is 78.3 cm³/mol. The molecule has 0 fully saturated rings. The molecule has 1 aromatic carbocycles. The Kier molecular flexibility index (Phi) is 3.80. The van der Waals surface area contributed by atoms with Crippen molar-refractivity contribution in [3.05, 3.63) is 58.9 Å². The highest BCUT2D eigenvalue weighted by molar-refractivity contribution is 6.29. The molecular weight excluding hydrogens is 290 g/mol. The molecule has 21 heavy (non-hydrogen) atoms. The van der Waals surface area contributed by atoms with E-state index >= 15 is 0 Å². The van der Waals surface area contributed by atoms with Gasteiger partial charge in [-0.2, -0.15) is 0 Å². The number of rotatable bonds is 3. The van der Waals surface area contributed by atoms with E-state index in [1.54, 1.807) is 18.3 Å². The number of benzene rings is 1. The summed E-state index contributed by atoms with van der Waals surface area (Å²) in [6, 6.07) is 11.1. The van der Waals surface area contributed by atoms with E-state index in [0.29, 0.717) is 5.15 Å². The number of hydrogen-bond donors (Lipinski definition) is 0. The van der Waals surface area contributed by atoms with Gasteiger partial charge in [0.1, 0.15) is 17.5 Å². The number of ether oxygens (including phenoxy) is 2. The minimum atomic E-state index is -0.597. The molecule has 2 unspecified atom stereocenters. The second-order valence-corrected chi connectivity index (χ2v) is 5.35. The van der Waals surface area contributed by atoms with Gasteiger partial charge in [0.15, 0.2) is 0 Å². The van der Waals surface area contributed by atoms with Crippen molar-refractivity contribution < 1.29 is 14.3 Å². The summed E-state index contributed by atoms with van der Waals surface area (Å²) in [5.74, 6) is 0.361. The van der Waals surface area contributed by atoms with Gasteiger partial charge in [0.2, 0.25) is 6.10 Å². The lowest BCUT2D eigenvalue weighted by Crippen LogP contribution is -2.29. The van der Waals surface area contributed by atoms with Crippen molar-refractivity contribution in [2.24, 2.45) is 0 Å². The topological polar surface area (TPSA) is 48.4 Å². The van der Waals surface area contributed by atoms with Crippen molar-refractivity contribution in [3.63, 3.8) is 0 Å². The fourth-order valence-corrected chi connectivity index (χ4v) is 2.58. The average molecular weight is 304 g/mol. The Morgan fingerprint density at radius 2 is 2.19 bits per heavy atom. The molecule has 3 rings (SSSR count). The number of aromatic nitrogens is 1. The lowest BCUT2D eigenvalue weighted by atomic mass is 9.98. The van der Waals surface area contributed by atoms with Gasteiger partial charge >= 0.3 is 5.97 Å². The minimum Gasteiger partial charge on any atom is -0.478 e. The molecular formula is C16H14ClNO3. The van der Waals surface area contributed by atoms with E-state index < -0.39 is 6.10 Å². The minimum absolute atomic E-state index is 0.0188. The molecule has 1 aliphatic rings. The maximum atomic E-state index is 12.2. The number of carbonyl (C=O) groups is 1. The molecule has 0 amide bonds. The summed E-state index contributed by atoms with van der Waals surface area (Å²) < 4.78 is 11.0. The van der Waals surface area contributed by atoms with Gasteiger partial charge in [0, 0.05) is 17.7 Å². The molecule has 0 aliphatic carbocycles. The van der Waals surface area contributed by atoms with Gasteiger partial charge in [-0.3, -0.25) is 0 Å². The number of nitrogens with zero attached hydrogens (tertiary/aromatic N) is 1. The van der Waals surface area contributed by atoms with Crippen LogP contribution in [0.15, 0.2) is 42.6 Å². The first-order valence-corrected chi connectivity index (χ1v) is 7.05. The lowest BCUT2D eigenvalue weighted by Gasteiger charge is -2.14. The summed E-state index contributed by atoms with van der Waals surface area (Å²) in [6.45, 7) is 2.12. The number of pyridine rings is 1. The van der Waals surface area contributed by atoms with Gasteiger partial charge < -0.3 is 9.47 Å². The van der Waals surface area contributed by atoms with Crippen LogP contribution in [-0.2, 0) is 16.1 Å². The molecule has 0 spiro atoms. The second kappa shape index (κ2) is 5.74. The average Bonchev–Trinajstić information content (AvgIpc) is 2.83. The molecule has 0 N–H and O–H groups in total. The standard InChI is InChI=1S/C16H14ClNO3/c1-10-12-4-2-3-5-13(12)21-15(10)16(19)20-9-11-6-7-18-14(17)8-11/h2-8,10,15H,9H2,1H3. The van der Waals surface area contributed by atoms with Crippen molar-refractivity contribution in [3.8, 4) is 5.75 Å². The maximum absolute atomic E-state index is 12.2. The highest BCUT2D eigenvalue weighted by Crippen LogP contribution is 2.38. The van der Waals surface area contributed by atoms with Gasteiger partial charge in [-0.25, -0.2) is 9.78 Å². The predicted octanol–water partition coefficient (Wildman–Crippen LogP) is 3.34. The van der Waals surface area contributed by atoms with E-state index in [2.05, 4.69) is 4.98 Å². The van der Waals surface area contributed by atoms with E-state index in [1.165, 1.54) is 0 Å². The summed E-state index contributed by atoms with van der Waals surface area (Å²) in [5.41, 5.74) is 1.83. The SMILES string of the molecule is CC1c2ccccc2OC1C(=O)OCc1ccnc(Cl)c1. The first kappa shape index (κ1) is 13.9. The van der Waals surface area contributed by atoms with Gasteiger partial charge in [0.25, 0.3) is 0 Å². The molecule has 4 nitrogen and oxygen atoms in total. The number of esters is 1. The van der Waals surface area contributed by atoms with Crippen molar-refractivity contribution in [1.82, 2.24) is 4.98 Å². The number of halogens is 1. The second-order valence-electron chi connectivity index (χ2n) is 4.96. The quantitative estimate of drug-likeness (QED) is 0.644. The van der Waals surface area contributed by atoms with E-state index in [-0.39, 0.29) is 18.5 Å². The molecule has 0 bridgehead atoms. The molecule has 1 aliphatic heterocycles. The lowest BCUT2D eigenvalue weighted by molar-refractivity contribution is -0.153. The Morgan fingerprint density at radius 3 is 2.95 bits per heavy atom. The molecule has 2 atom stereocenters. The number of fused-ring (bicyclic) bond motifs is 1. The molecule has 2 heterocycles. The van der Waals surface area contributed by atoms with E-state index in [1.807, 2.05) is 31.2 Å². The van der Waals surface area contributed by atoms with Crippen molar-refractivity contribution in [2.75, 3.05) is 0 Å². The van der Waals surface area contributed by atoms with Crippen molar-refractivity contribution >= 4 is 17.6 Å². The summed E-state index contributed by atoms with van der Waals surface area (Å²) in [4.78, 5) is 16.1. The third-order valence-electron chi connectivity index (χ3n) is 3.52. The van der Waals surface area contributed by atoms with Crippen LogP contribution in [0.4, 0.5) is 0 Å². The van der Waals surface area contributed by atoms with Crippen molar-refractivity contribution in [2.45, 2.75) is 25.6 Å². The first-order chi connectivity index (χ1) is 10.1. The Morgan fingerprint density at radius 1 is 1.38 bits per heavy atom. The van der Waals surface area contributed by atoms with Crippen LogP contribution in [0.2, 0.25) is 5.15 Å². The number of hydrogen-bond acceptors (Lipinski definition) is 4. The summed E-state index contributed by atoms with van der Waals surface area (Å²) in [5, 5.41) is 0.376. The Bertz CT molecular complexity index is 674. The Labute approximate surface area is 127 Å². The van der Waals surface area contributed by atoms with Crippen LogP contribution in [0.1, 0.15) is 24.0 Å². The summed E-state index contributed by atoms with van der Waals surface area (Å²) in [6.07, 6.45) is 0.982. The molecule has 0 radical (unpaired) electrons. The highest BCUT2D eigenvalue weighted by Gasteiger charge is 2.37. The van der Waals surface area contributed by atoms with Gasteiger partial charge in [0.05, 0.1) is 0 Å². The summed E-state index contributed by atoms with van der Waals surface area (Å²) in [7, 11) is 0. The smallest absolute Gasteiger partial charge is 0.348 e. The number of carbonyl (C=O) groups excluding carboxylic acids is 1. The maximum Gasteiger partial charge on any atom is 0.348 e. The van der Waals surface area contributed by atoms with Crippen LogP contribution in [0.3, 0.4) is 0 Å². The highest BCUT2D eigenvalue weighted by atomic mass is 35.5. The zero-order chi connectivity index (χ0) is 14.8. The third-order valence-corrected chi connectivity index (χ3v) is 3.73. The normalized spacial score (nSPS) is 19.7. The van der Waals surface area contributed by atoms with Crippen LogP contribution >= 0.6 is 11.6 Å². The van der Waals surface area contributed by atoms with Gasteiger partial charge in [-0.1, -0.05) is 36.7 Å². The largest absolute Gasteiger partial charge is 0.478 e. The van der Waals surface area contributed by atoms with E-state index in [4.69, 9.17) is 21.1 Å². The fourth-order valence-electron chi connectivity index (χ4n) is 2.39. The molecule has 108 valence electrons. The van der Waals surface area contributed by atoms with Crippen LogP contribution in [0, 0.1) is 0 Å². The monoisotopic (exact) mass is 303 g/mol. The van der Waals surface area contributed by atoms with Gasteiger partial charge in [-0.15, -0.1) is 0 Å². The molecule has 0 saturated carbocycles. The Hall–Kier alpha value is -2.07. The molecule has 0 saturated heterocycles. The van der Waals surface area contributed by atoms with Gasteiger partial charge in [-0.05, 0) is 23.8 Å². The zero-order valence-corrected chi connectivity index (χ0v) is 12.2. The Balaban J connectivity index is 1.65. The van der Waals surface area contributed by atoms with E-state index in [9.17, 15) is 4.79 Å². The van der Waals surface area contributed by atoms with Crippen LogP contribution < -0.4 is 4.74 Å². The summed E-state index contributed by atoms with van der Waals surface area (Å²) >= 11 is 5.80. The van der Waals surface area contributed by atoms with Crippen LogP contribution in [0.5, 0.6) is 5.75 Å². The first-order valence-electron chi connectivity index (χ1n) is 6.68. The van der Waals surface area contributed by atoms with Crippen LogP contribution in [-0.4, -0.2) is 17.1 Å².